The van der Waals surface area contributed by atoms with Gasteiger partial charge in [-0.1, -0.05) is 6.92 Å². The van der Waals surface area contributed by atoms with Crippen molar-refractivity contribution in [2.75, 3.05) is 11.9 Å². The summed E-state index contributed by atoms with van der Waals surface area (Å²) in [4.78, 5) is 8.49. The van der Waals surface area contributed by atoms with Crippen molar-refractivity contribution in [1.82, 2.24) is 19.1 Å². The first kappa shape index (κ1) is 11.7. The Morgan fingerprint density at radius 3 is 2.94 bits per heavy atom. The van der Waals surface area contributed by atoms with E-state index in [9.17, 15) is 0 Å². The van der Waals surface area contributed by atoms with Gasteiger partial charge in [-0.05, 0) is 13.3 Å². The van der Waals surface area contributed by atoms with Gasteiger partial charge in [0.15, 0.2) is 0 Å². The van der Waals surface area contributed by atoms with Gasteiger partial charge in [0.1, 0.15) is 0 Å². The van der Waals surface area contributed by atoms with E-state index in [1.54, 1.807) is 6.20 Å². The van der Waals surface area contributed by atoms with Crippen molar-refractivity contribution in [2.45, 2.75) is 33.4 Å². The van der Waals surface area contributed by atoms with Crippen molar-refractivity contribution in [3.05, 3.63) is 30.6 Å². The van der Waals surface area contributed by atoms with Gasteiger partial charge in [0.05, 0.1) is 12.0 Å². The highest BCUT2D eigenvalue weighted by molar-refractivity contribution is 5.28. The Labute approximate surface area is 102 Å². The lowest BCUT2D eigenvalue weighted by Gasteiger charge is -2.08. The molecule has 2 aromatic heterocycles. The fourth-order valence-electron chi connectivity index (χ4n) is 1.82. The van der Waals surface area contributed by atoms with Crippen molar-refractivity contribution in [2.24, 2.45) is 0 Å². The molecule has 0 saturated carbocycles. The number of aromatic nitrogens is 4. The average Bonchev–Trinajstić information content (AvgIpc) is 2.90. The first-order valence-corrected chi connectivity index (χ1v) is 6.03. The van der Waals surface area contributed by atoms with Crippen molar-refractivity contribution in [3.63, 3.8) is 0 Å². The van der Waals surface area contributed by atoms with E-state index in [1.165, 1.54) is 0 Å². The van der Waals surface area contributed by atoms with Crippen molar-refractivity contribution >= 4 is 5.95 Å². The van der Waals surface area contributed by atoms with Crippen LogP contribution < -0.4 is 5.32 Å². The van der Waals surface area contributed by atoms with Gasteiger partial charge < -0.3 is 14.5 Å². The lowest BCUT2D eigenvalue weighted by molar-refractivity contribution is 0.670. The maximum absolute atomic E-state index is 4.48. The zero-order chi connectivity index (χ0) is 12.1. The molecule has 0 aromatic carbocycles. The molecule has 2 heterocycles. The highest BCUT2D eigenvalue weighted by Gasteiger charge is 2.03. The zero-order valence-corrected chi connectivity index (χ0v) is 10.4. The van der Waals surface area contributed by atoms with Crippen LogP contribution in [0, 0.1) is 6.92 Å². The molecule has 0 aliphatic heterocycles. The minimum atomic E-state index is 0.858. The van der Waals surface area contributed by atoms with Crippen LogP contribution in [-0.2, 0) is 13.1 Å². The van der Waals surface area contributed by atoms with Gasteiger partial charge in [0.25, 0.3) is 0 Å². The number of hydrogen-bond acceptors (Lipinski definition) is 3. The van der Waals surface area contributed by atoms with Crippen LogP contribution in [0.2, 0.25) is 0 Å². The standard InChI is InChI=1S/C12H19N5/c1-3-6-17-9-11(2)15-12(17)14-5-8-16-7-4-13-10-16/h4,7,9-10H,3,5-6,8H2,1-2H3,(H,14,15). The number of imidazole rings is 2. The fraction of sp³-hybridized carbons (Fsp3) is 0.500. The number of nitrogens with zero attached hydrogens (tertiary/aromatic N) is 4. The average molecular weight is 233 g/mol. The van der Waals surface area contributed by atoms with Crippen LogP contribution >= 0.6 is 0 Å². The van der Waals surface area contributed by atoms with Gasteiger partial charge in [0, 0.05) is 38.2 Å². The largest absolute Gasteiger partial charge is 0.354 e. The Hall–Kier alpha value is -1.78. The van der Waals surface area contributed by atoms with Gasteiger partial charge in [-0.2, -0.15) is 0 Å². The number of nitrogens with one attached hydrogen (secondary N) is 1. The van der Waals surface area contributed by atoms with Crippen LogP contribution in [0.1, 0.15) is 19.0 Å². The molecule has 5 nitrogen and oxygen atoms in total. The lowest BCUT2D eigenvalue weighted by atomic mass is 10.5. The predicted octanol–water partition coefficient (Wildman–Crippen LogP) is 1.91. The summed E-state index contributed by atoms with van der Waals surface area (Å²) in [6, 6.07) is 0. The van der Waals surface area contributed by atoms with E-state index in [-0.39, 0.29) is 0 Å². The minimum absolute atomic E-state index is 0.858. The molecule has 0 aliphatic carbocycles. The van der Waals surface area contributed by atoms with E-state index in [0.717, 1.165) is 37.7 Å². The Morgan fingerprint density at radius 1 is 1.35 bits per heavy atom. The van der Waals surface area contributed by atoms with Gasteiger partial charge >= 0.3 is 0 Å². The van der Waals surface area contributed by atoms with E-state index in [2.05, 4.69) is 33.0 Å². The van der Waals surface area contributed by atoms with E-state index in [4.69, 9.17) is 0 Å². The molecule has 0 aliphatic rings. The molecule has 0 atom stereocenters. The monoisotopic (exact) mass is 233 g/mol. The maximum atomic E-state index is 4.48. The van der Waals surface area contributed by atoms with Gasteiger partial charge in [-0.25, -0.2) is 9.97 Å². The zero-order valence-electron chi connectivity index (χ0n) is 10.4. The number of anilines is 1. The quantitative estimate of drug-likeness (QED) is 0.829. The third-order valence-electron chi connectivity index (χ3n) is 2.57. The van der Waals surface area contributed by atoms with E-state index in [0.29, 0.717) is 0 Å². The highest BCUT2D eigenvalue weighted by atomic mass is 15.2. The second-order valence-corrected chi connectivity index (χ2v) is 4.13. The molecule has 0 spiro atoms. The SMILES string of the molecule is CCCn1cc(C)nc1NCCn1ccnc1. The highest BCUT2D eigenvalue weighted by Crippen LogP contribution is 2.08. The minimum Gasteiger partial charge on any atom is -0.354 e. The van der Waals surface area contributed by atoms with E-state index in [1.807, 2.05) is 24.0 Å². The normalized spacial score (nSPS) is 10.7. The molecular weight excluding hydrogens is 214 g/mol. The topological polar surface area (TPSA) is 47.7 Å². The summed E-state index contributed by atoms with van der Waals surface area (Å²) in [5.41, 5.74) is 1.06. The van der Waals surface area contributed by atoms with Crippen LogP contribution in [-0.4, -0.2) is 25.6 Å². The summed E-state index contributed by atoms with van der Waals surface area (Å²) in [5.74, 6) is 0.962. The van der Waals surface area contributed by atoms with Crippen LogP contribution in [0.15, 0.2) is 24.9 Å². The first-order chi connectivity index (χ1) is 8.29. The number of hydrogen-bond donors (Lipinski definition) is 1. The third kappa shape index (κ3) is 3.09. The Bertz CT molecular complexity index is 443. The van der Waals surface area contributed by atoms with Crippen molar-refractivity contribution < 1.29 is 0 Å². The molecule has 2 rings (SSSR count). The Balaban J connectivity index is 1.89. The molecule has 0 unspecified atom stereocenters. The smallest absolute Gasteiger partial charge is 0.203 e. The summed E-state index contributed by atoms with van der Waals surface area (Å²) in [6.45, 7) is 6.96. The molecule has 1 N–H and O–H groups in total. The Kier molecular flexibility index (Phi) is 3.80. The molecule has 92 valence electrons. The van der Waals surface area contributed by atoms with Crippen molar-refractivity contribution in [3.8, 4) is 0 Å². The summed E-state index contributed by atoms with van der Waals surface area (Å²) in [6.07, 6.45) is 8.79. The predicted molar refractivity (Wildman–Crippen MR) is 68.0 cm³/mol. The third-order valence-corrected chi connectivity index (χ3v) is 2.57. The molecule has 17 heavy (non-hydrogen) atoms. The summed E-state index contributed by atoms with van der Waals surface area (Å²) in [5, 5.41) is 3.36. The molecule has 5 heteroatoms. The van der Waals surface area contributed by atoms with Gasteiger partial charge in [0.2, 0.25) is 5.95 Å². The maximum Gasteiger partial charge on any atom is 0.203 e. The molecule has 2 aromatic rings. The molecular formula is C12H19N5. The van der Waals surface area contributed by atoms with Gasteiger partial charge in [-0.15, -0.1) is 0 Å². The molecule has 0 radical (unpaired) electrons. The van der Waals surface area contributed by atoms with E-state index >= 15 is 0 Å². The first-order valence-electron chi connectivity index (χ1n) is 6.03. The molecule has 0 amide bonds. The molecule has 0 bridgehead atoms. The summed E-state index contributed by atoms with van der Waals surface area (Å²) >= 11 is 0. The fourth-order valence-corrected chi connectivity index (χ4v) is 1.82. The summed E-state index contributed by atoms with van der Waals surface area (Å²) in [7, 11) is 0. The number of rotatable bonds is 6. The van der Waals surface area contributed by atoms with Gasteiger partial charge in [-0.3, -0.25) is 0 Å². The van der Waals surface area contributed by atoms with Crippen molar-refractivity contribution in [1.29, 1.82) is 0 Å². The second-order valence-electron chi connectivity index (χ2n) is 4.13. The van der Waals surface area contributed by atoms with Crippen LogP contribution in [0.4, 0.5) is 5.95 Å². The molecule has 0 saturated heterocycles. The molecule has 0 fully saturated rings. The second kappa shape index (κ2) is 5.52. The Morgan fingerprint density at radius 2 is 2.24 bits per heavy atom. The lowest BCUT2D eigenvalue weighted by Crippen LogP contribution is -2.13. The van der Waals surface area contributed by atoms with E-state index < -0.39 is 0 Å². The van der Waals surface area contributed by atoms with Crippen LogP contribution in [0.3, 0.4) is 0 Å². The van der Waals surface area contributed by atoms with Crippen LogP contribution in [0.25, 0.3) is 0 Å². The summed E-state index contributed by atoms with van der Waals surface area (Å²) < 4.78 is 4.22. The van der Waals surface area contributed by atoms with Crippen LogP contribution in [0.5, 0.6) is 0 Å². The number of aryl methyl sites for hydroxylation is 2.